The van der Waals surface area contributed by atoms with Crippen LogP contribution >= 0.6 is 0 Å². The summed E-state index contributed by atoms with van der Waals surface area (Å²) in [5.74, 6) is 0. The van der Waals surface area contributed by atoms with Gasteiger partial charge in [-0.05, 0) is 48.9 Å². The predicted molar refractivity (Wildman–Crippen MR) is 75.6 cm³/mol. The number of hydrogen-bond donors (Lipinski definition) is 1. The van der Waals surface area contributed by atoms with Crippen LogP contribution in [0, 0.1) is 29.6 Å². The van der Waals surface area contributed by atoms with Gasteiger partial charge in [0.1, 0.15) is 12.1 Å². The monoisotopic (exact) mass is 261 g/mol. The fraction of sp³-hybridized carbons (Fsp3) is 0.0667. The Balaban J connectivity index is 2.33. The number of azo groups is 1. The molecule has 0 radical (unpaired) electrons. The molecule has 5 nitrogen and oxygen atoms in total. The van der Waals surface area contributed by atoms with Crippen molar-refractivity contribution < 1.29 is 0 Å². The van der Waals surface area contributed by atoms with Crippen molar-refractivity contribution in [3.8, 4) is 12.1 Å². The van der Waals surface area contributed by atoms with Gasteiger partial charge in [-0.1, -0.05) is 0 Å². The Hall–Kier alpha value is -3.18. The zero-order valence-corrected chi connectivity index (χ0v) is 10.8. The van der Waals surface area contributed by atoms with Gasteiger partial charge in [-0.2, -0.15) is 20.8 Å². The maximum absolute atomic E-state index is 8.95. The second kappa shape index (κ2) is 5.64. The molecular weight excluding hydrogens is 250 g/mol. The third-order valence-corrected chi connectivity index (χ3v) is 2.74. The number of benzene rings is 2. The lowest BCUT2D eigenvalue weighted by atomic mass is 10.1. The second-order valence-corrected chi connectivity index (χ2v) is 4.20. The first kappa shape index (κ1) is 13.3. The molecule has 0 atom stereocenters. The molecule has 0 saturated heterocycles. The normalized spacial score (nSPS) is 10.2. The lowest BCUT2D eigenvalue weighted by Gasteiger charge is -2.00. The van der Waals surface area contributed by atoms with Gasteiger partial charge in [0.25, 0.3) is 0 Å². The Labute approximate surface area is 116 Å². The molecule has 0 aromatic heterocycles. The van der Waals surface area contributed by atoms with Gasteiger partial charge in [0.15, 0.2) is 0 Å². The Morgan fingerprint density at radius 3 is 2.35 bits per heavy atom. The third-order valence-electron chi connectivity index (χ3n) is 2.74. The van der Waals surface area contributed by atoms with Crippen molar-refractivity contribution in [2.45, 2.75) is 6.92 Å². The van der Waals surface area contributed by atoms with Gasteiger partial charge in [-0.3, -0.25) is 0 Å². The van der Waals surface area contributed by atoms with Gasteiger partial charge in [0.05, 0.1) is 22.5 Å². The van der Waals surface area contributed by atoms with Crippen LogP contribution in [0.4, 0.5) is 17.1 Å². The van der Waals surface area contributed by atoms with Crippen LogP contribution < -0.4 is 5.73 Å². The van der Waals surface area contributed by atoms with Crippen molar-refractivity contribution in [1.29, 1.82) is 10.5 Å². The van der Waals surface area contributed by atoms with Crippen molar-refractivity contribution in [3.05, 3.63) is 53.1 Å². The van der Waals surface area contributed by atoms with E-state index in [1.165, 1.54) is 6.07 Å². The van der Waals surface area contributed by atoms with E-state index in [1.807, 2.05) is 25.1 Å². The second-order valence-electron chi connectivity index (χ2n) is 4.20. The van der Waals surface area contributed by atoms with Crippen molar-refractivity contribution in [2.24, 2.45) is 10.2 Å². The summed E-state index contributed by atoms with van der Waals surface area (Å²) in [5.41, 5.74) is 9.11. The van der Waals surface area contributed by atoms with E-state index >= 15 is 0 Å². The molecule has 0 amide bonds. The molecule has 2 N–H and O–H groups in total. The van der Waals surface area contributed by atoms with Crippen molar-refractivity contribution in [2.75, 3.05) is 5.73 Å². The van der Waals surface area contributed by atoms with Crippen LogP contribution in [0.25, 0.3) is 0 Å². The zero-order chi connectivity index (χ0) is 14.5. The van der Waals surface area contributed by atoms with Crippen LogP contribution in [0.15, 0.2) is 46.6 Å². The van der Waals surface area contributed by atoms with Crippen LogP contribution in [-0.2, 0) is 0 Å². The van der Waals surface area contributed by atoms with Crippen LogP contribution in [0.5, 0.6) is 0 Å². The first-order valence-electron chi connectivity index (χ1n) is 5.86. The molecule has 0 heterocycles. The Bertz CT molecular complexity index is 763. The number of nitrogen functional groups attached to an aromatic ring is 1. The van der Waals surface area contributed by atoms with E-state index in [1.54, 1.807) is 24.3 Å². The SMILES string of the molecule is Cc1cc(N)ccc1/N=N/c1ccc(C#N)c(C#N)c1. The van der Waals surface area contributed by atoms with Crippen molar-refractivity contribution in [1.82, 2.24) is 0 Å². The van der Waals surface area contributed by atoms with E-state index in [0.29, 0.717) is 22.6 Å². The van der Waals surface area contributed by atoms with Crippen LogP contribution in [-0.4, -0.2) is 0 Å². The number of rotatable bonds is 2. The summed E-state index contributed by atoms with van der Waals surface area (Å²) in [4.78, 5) is 0. The Morgan fingerprint density at radius 1 is 0.950 bits per heavy atom. The molecule has 2 aromatic carbocycles. The zero-order valence-electron chi connectivity index (χ0n) is 10.8. The average molecular weight is 261 g/mol. The third kappa shape index (κ3) is 2.80. The summed E-state index contributed by atoms with van der Waals surface area (Å²) in [6.07, 6.45) is 0. The van der Waals surface area contributed by atoms with E-state index in [2.05, 4.69) is 10.2 Å². The highest BCUT2D eigenvalue weighted by Gasteiger charge is 2.02. The molecule has 0 aliphatic carbocycles. The molecule has 20 heavy (non-hydrogen) atoms. The minimum Gasteiger partial charge on any atom is -0.399 e. The molecule has 0 aliphatic heterocycles. The Kier molecular flexibility index (Phi) is 3.74. The van der Waals surface area contributed by atoms with Gasteiger partial charge in [-0.25, -0.2) is 0 Å². The predicted octanol–water partition coefficient (Wildman–Crippen LogP) is 3.74. The summed E-state index contributed by atoms with van der Waals surface area (Å²) in [7, 11) is 0. The lowest BCUT2D eigenvalue weighted by molar-refractivity contribution is 1.21. The smallest absolute Gasteiger partial charge is 0.101 e. The maximum Gasteiger partial charge on any atom is 0.101 e. The molecule has 96 valence electrons. The molecule has 0 bridgehead atoms. The van der Waals surface area contributed by atoms with E-state index < -0.39 is 0 Å². The van der Waals surface area contributed by atoms with Crippen LogP contribution in [0.1, 0.15) is 16.7 Å². The van der Waals surface area contributed by atoms with Crippen molar-refractivity contribution in [3.63, 3.8) is 0 Å². The maximum atomic E-state index is 8.95. The highest BCUT2D eigenvalue weighted by atomic mass is 15.1. The molecule has 0 aliphatic rings. The topological polar surface area (TPSA) is 98.3 Å². The largest absolute Gasteiger partial charge is 0.399 e. The fourth-order valence-corrected chi connectivity index (χ4v) is 1.69. The molecule has 0 unspecified atom stereocenters. The Morgan fingerprint density at radius 2 is 1.70 bits per heavy atom. The minimum atomic E-state index is 0.290. The molecule has 0 fully saturated rings. The van der Waals surface area contributed by atoms with Gasteiger partial charge in [-0.15, -0.1) is 0 Å². The summed E-state index contributed by atoms with van der Waals surface area (Å²) in [6, 6.07) is 14.0. The van der Waals surface area contributed by atoms with Crippen LogP contribution in [0.2, 0.25) is 0 Å². The van der Waals surface area contributed by atoms with Gasteiger partial charge >= 0.3 is 0 Å². The number of anilines is 1. The van der Waals surface area contributed by atoms with E-state index in [-0.39, 0.29) is 5.56 Å². The van der Waals surface area contributed by atoms with E-state index in [0.717, 1.165) is 5.56 Å². The number of aryl methyl sites for hydroxylation is 1. The van der Waals surface area contributed by atoms with Gasteiger partial charge in [0, 0.05) is 5.69 Å². The van der Waals surface area contributed by atoms with Crippen LogP contribution in [0.3, 0.4) is 0 Å². The molecule has 0 spiro atoms. The first-order valence-corrected chi connectivity index (χ1v) is 5.86. The quantitative estimate of drug-likeness (QED) is 0.658. The number of hydrogen-bond acceptors (Lipinski definition) is 5. The standard InChI is InChI=1S/C15H11N5/c1-10-6-13(18)3-5-15(10)20-19-14-4-2-11(8-16)12(7-14)9-17/h2-7H,18H2,1H3/b20-19+. The number of nitrogens with two attached hydrogens (primary N) is 1. The molecule has 2 rings (SSSR count). The number of nitriles is 2. The van der Waals surface area contributed by atoms with E-state index in [4.69, 9.17) is 16.3 Å². The summed E-state index contributed by atoms with van der Waals surface area (Å²) >= 11 is 0. The summed E-state index contributed by atoms with van der Waals surface area (Å²) in [5, 5.41) is 26.0. The fourth-order valence-electron chi connectivity index (χ4n) is 1.69. The summed E-state index contributed by atoms with van der Waals surface area (Å²) < 4.78 is 0. The lowest BCUT2D eigenvalue weighted by Crippen LogP contribution is -1.84. The number of nitrogens with zero attached hydrogens (tertiary/aromatic N) is 4. The minimum absolute atomic E-state index is 0.290. The highest BCUT2D eigenvalue weighted by Crippen LogP contribution is 2.24. The van der Waals surface area contributed by atoms with Gasteiger partial charge < -0.3 is 5.73 Å². The van der Waals surface area contributed by atoms with E-state index in [9.17, 15) is 0 Å². The molecular formula is C15H11N5. The van der Waals surface area contributed by atoms with Crippen molar-refractivity contribution >= 4 is 17.1 Å². The molecule has 5 heteroatoms. The highest BCUT2D eigenvalue weighted by molar-refractivity contribution is 5.56. The average Bonchev–Trinajstić information content (AvgIpc) is 2.46. The van der Waals surface area contributed by atoms with Gasteiger partial charge in [0.2, 0.25) is 0 Å². The molecule has 0 saturated carbocycles. The summed E-state index contributed by atoms with van der Waals surface area (Å²) in [6.45, 7) is 1.89. The first-order chi connectivity index (χ1) is 9.63. The molecule has 2 aromatic rings.